The van der Waals surface area contributed by atoms with Crippen LogP contribution in [0.25, 0.3) is 0 Å². The second-order valence-electron chi connectivity index (χ2n) is 4.97. The Kier molecular flexibility index (Phi) is 3.68. The fraction of sp³-hybridized carbons (Fsp3) is 0.700. The van der Waals surface area contributed by atoms with E-state index in [0.29, 0.717) is 0 Å². The molecule has 1 atom stereocenters. The Morgan fingerprint density at radius 1 is 1.33 bits per heavy atom. The van der Waals surface area contributed by atoms with E-state index in [0.717, 1.165) is 4.88 Å². The van der Waals surface area contributed by atoms with Crippen LogP contribution in [0, 0.1) is 0 Å². The van der Waals surface area contributed by atoms with Gasteiger partial charge in [-0.3, -0.25) is 4.98 Å². The first-order chi connectivity index (χ1) is 6.73. The zero-order chi connectivity index (χ0) is 11.7. The van der Waals surface area contributed by atoms with Crippen LogP contribution in [-0.4, -0.2) is 13.9 Å². The van der Waals surface area contributed by atoms with Crippen LogP contribution in [0.1, 0.15) is 39.5 Å². The maximum absolute atomic E-state index is 12.0. The number of hydrogen-bond donors (Lipinski definition) is 1. The Morgan fingerprint density at radius 3 is 2.33 bits per heavy atom. The second-order valence-corrected chi connectivity index (χ2v) is 7.83. The van der Waals surface area contributed by atoms with Crippen molar-refractivity contribution in [2.75, 3.05) is 0 Å². The van der Waals surface area contributed by atoms with Crippen LogP contribution in [0.3, 0.4) is 0 Å². The Hall–Kier alpha value is -0.260. The molecule has 3 nitrogen and oxygen atoms in total. The quantitative estimate of drug-likeness (QED) is 0.890. The van der Waals surface area contributed by atoms with E-state index < -0.39 is 11.0 Å². The summed E-state index contributed by atoms with van der Waals surface area (Å²) in [5.41, 5.74) is 1.50. The summed E-state index contributed by atoms with van der Waals surface area (Å²) in [6, 6.07) is 0. The lowest BCUT2D eigenvalue weighted by atomic mass is 10.1. The lowest BCUT2D eigenvalue weighted by Crippen LogP contribution is -2.43. The highest BCUT2D eigenvalue weighted by Crippen LogP contribution is 2.25. The minimum atomic E-state index is -1.06. The summed E-state index contributed by atoms with van der Waals surface area (Å²) in [7, 11) is -1.06. The van der Waals surface area contributed by atoms with Crippen molar-refractivity contribution < 1.29 is 4.21 Å². The van der Waals surface area contributed by atoms with E-state index >= 15 is 0 Å². The van der Waals surface area contributed by atoms with Gasteiger partial charge in [-0.15, -0.1) is 11.3 Å². The molecule has 1 aromatic heterocycles. The molecule has 5 heteroatoms. The summed E-state index contributed by atoms with van der Waals surface area (Å²) in [6.07, 6.45) is 1.82. The average Bonchev–Trinajstić information content (AvgIpc) is 2.52. The van der Waals surface area contributed by atoms with E-state index in [1.807, 2.05) is 40.8 Å². The summed E-state index contributed by atoms with van der Waals surface area (Å²) in [4.78, 5) is 5.13. The zero-order valence-corrected chi connectivity index (χ0v) is 11.5. The first-order valence-corrected chi connectivity index (χ1v) is 6.85. The van der Waals surface area contributed by atoms with Crippen LogP contribution < -0.4 is 4.72 Å². The van der Waals surface area contributed by atoms with Gasteiger partial charge >= 0.3 is 0 Å². The molecule has 0 saturated heterocycles. The van der Waals surface area contributed by atoms with Crippen molar-refractivity contribution in [3.05, 3.63) is 16.6 Å². The van der Waals surface area contributed by atoms with Crippen molar-refractivity contribution in [3.8, 4) is 0 Å². The maximum atomic E-state index is 12.0. The largest absolute Gasteiger partial charge is 0.253 e. The number of nitrogens with one attached hydrogen (secondary N) is 1. The van der Waals surface area contributed by atoms with Crippen molar-refractivity contribution >= 4 is 22.3 Å². The molecule has 0 aliphatic carbocycles. The number of rotatable bonds is 3. The molecule has 0 aliphatic heterocycles. The highest BCUT2D eigenvalue weighted by molar-refractivity contribution is 7.84. The van der Waals surface area contributed by atoms with Crippen molar-refractivity contribution in [2.24, 2.45) is 0 Å². The van der Waals surface area contributed by atoms with Crippen molar-refractivity contribution in [1.82, 2.24) is 9.71 Å². The Labute approximate surface area is 97.9 Å². The molecular weight excluding hydrogens is 228 g/mol. The molecule has 1 unspecified atom stereocenters. The monoisotopic (exact) mass is 246 g/mol. The maximum Gasteiger partial charge on any atom is 0.0978 e. The topological polar surface area (TPSA) is 42.0 Å². The van der Waals surface area contributed by atoms with Gasteiger partial charge in [0, 0.05) is 11.1 Å². The predicted molar refractivity (Wildman–Crippen MR) is 66.2 cm³/mol. The predicted octanol–water partition coefficient (Wildman–Crippen LogP) is 2.43. The number of hydrogen-bond acceptors (Lipinski definition) is 3. The van der Waals surface area contributed by atoms with Gasteiger partial charge in [0.1, 0.15) is 0 Å². The molecule has 0 radical (unpaired) electrons. The van der Waals surface area contributed by atoms with Gasteiger partial charge in [0.25, 0.3) is 0 Å². The Morgan fingerprint density at radius 2 is 1.93 bits per heavy atom. The number of nitrogens with zero attached hydrogens (tertiary/aromatic N) is 1. The van der Waals surface area contributed by atoms with E-state index in [4.69, 9.17) is 0 Å². The van der Waals surface area contributed by atoms with E-state index in [-0.39, 0.29) is 10.3 Å². The highest BCUT2D eigenvalue weighted by atomic mass is 32.2. The third-order valence-electron chi connectivity index (χ3n) is 1.95. The van der Waals surface area contributed by atoms with Gasteiger partial charge in [-0.1, -0.05) is 0 Å². The summed E-state index contributed by atoms with van der Waals surface area (Å²) in [5, 5.41) is 0. The van der Waals surface area contributed by atoms with Crippen LogP contribution >= 0.6 is 11.3 Å². The molecule has 0 aliphatic rings. The Bertz CT molecular complexity index is 339. The van der Waals surface area contributed by atoms with Gasteiger partial charge in [0.15, 0.2) is 0 Å². The minimum absolute atomic E-state index is 0.248. The second kappa shape index (κ2) is 4.31. The third kappa shape index (κ3) is 3.36. The third-order valence-corrected chi connectivity index (χ3v) is 4.86. The minimum Gasteiger partial charge on any atom is -0.253 e. The smallest absolute Gasteiger partial charge is 0.0978 e. The molecule has 1 heterocycles. The molecule has 0 bridgehead atoms. The van der Waals surface area contributed by atoms with Crippen LogP contribution in [0.5, 0.6) is 0 Å². The molecular formula is C10H18N2OS2. The average molecular weight is 246 g/mol. The molecule has 15 heavy (non-hydrogen) atoms. The lowest BCUT2D eigenvalue weighted by Gasteiger charge is -2.28. The summed E-state index contributed by atoms with van der Waals surface area (Å²) in [5.74, 6) is 0. The first kappa shape index (κ1) is 12.8. The van der Waals surface area contributed by atoms with Gasteiger partial charge in [0.05, 0.1) is 26.8 Å². The number of aromatic nitrogens is 1. The van der Waals surface area contributed by atoms with Gasteiger partial charge in [-0.05, 0) is 34.6 Å². The highest BCUT2D eigenvalue weighted by Gasteiger charge is 2.29. The molecule has 0 saturated carbocycles. The van der Waals surface area contributed by atoms with Crippen LogP contribution in [0.4, 0.5) is 0 Å². The van der Waals surface area contributed by atoms with E-state index in [2.05, 4.69) is 9.71 Å². The molecule has 0 fully saturated rings. The van der Waals surface area contributed by atoms with Crippen molar-refractivity contribution in [3.63, 3.8) is 0 Å². The SMILES string of the molecule is CC(C)(NS(=O)C(C)(C)C)c1cncs1. The molecule has 0 amide bonds. The summed E-state index contributed by atoms with van der Waals surface area (Å²) in [6.45, 7) is 9.91. The fourth-order valence-electron chi connectivity index (χ4n) is 0.960. The first-order valence-electron chi connectivity index (χ1n) is 4.82. The molecule has 0 aromatic carbocycles. The lowest BCUT2D eigenvalue weighted by molar-refractivity contribution is 0.495. The zero-order valence-electron chi connectivity index (χ0n) is 9.83. The van der Waals surface area contributed by atoms with Crippen LogP contribution in [-0.2, 0) is 16.5 Å². The molecule has 0 spiro atoms. The van der Waals surface area contributed by atoms with Gasteiger partial charge in [0.2, 0.25) is 0 Å². The fourth-order valence-corrected chi connectivity index (χ4v) is 2.61. The molecule has 1 N–H and O–H groups in total. The van der Waals surface area contributed by atoms with Crippen molar-refractivity contribution in [1.29, 1.82) is 0 Å². The van der Waals surface area contributed by atoms with Crippen LogP contribution in [0.2, 0.25) is 0 Å². The van der Waals surface area contributed by atoms with E-state index in [9.17, 15) is 4.21 Å². The molecule has 1 aromatic rings. The summed E-state index contributed by atoms with van der Waals surface area (Å²) >= 11 is 1.57. The van der Waals surface area contributed by atoms with Crippen LogP contribution in [0.15, 0.2) is 11.7 Å². The van der Waals surface area contributed by atoms with Gasteiger partial charge in [-0.25, -0.2) is 8.93 Å². The normalized spacial score (nSPS) is 15.3. The Balaban J connectivity index is 2.78. The standard InChI is InChI=1S/C10H18N2OS2/c1-9(2,3)15(13)12-10(4,5)8-6-11-7-14-8/h6-7,12H,1-5H3. The van der Waals surface area contributed by atoms with E-state index in [1.165, 1.54) is 0 Å². The van der Waals surface area contributed by atoms with E-state index in [1.54, 1.807) is 16.8 Å². The number of thiazole rings is 1. The molecule has 86 valence electrons. The summed E-state index contributed by atoms with van der Waals surface area (Å²) < 4.78 is 14.9. The van der Waals surface area contributed by atoms with Gasteiger partial charge < -0.3 is 0 Å². The van der Waals surface area contributed by atoms with Crippen molar-refractivity contribution in [2.45, 2.75) is 44.9 Å². The van der Waals surface area contributed by atoms with Gasteiger partial charge in [-0.2, -0.15) is 0 Å². The molecule has 1 rings (SSSR count).